The van der Waals surface area contributed by atoms with Gasteiger partial charge in [-0.2, -0.15) is 0 Å². The number of halogens is 2. The normalized spacial score (nSPS) is 12.7. The van der Waals surface area contributed by atoms with Gasteiger partial charge in [-0.15, -0.1) is 0 Å². The molecule has 1 unspecified atom stereocenters. The highest BCUT2D eigenvalue weighted by molar-refractivity contribution is 6.30. The van der Waals surface area contributed by atoms with Crippen molar-refractivity contribution >= 4 is 11.6 Å². The van der Waals surface area contributed by atoms with Gasteiger partial charge in [0.15, 0.2) is 0 Å². The van der Waals surface area contributed by atoms with Gasteiger partial charge in [0.25, 0.3) is 0 Å². The van der Waals surface area contributed by atoms with Crippen LogP contribution >= 0.6 is 11.6 Å². The first-order chi connectivity index (χ1) is 8.60. The zero-order chi connectivity index (χ0) is 13.1. The zero-order valence-corrected chi connectivity index (χ0v) is 10.9. The van der Waals surface area contributed by atoms with Gasteiger partial charge in [0.1, 0.15) is 17.3 Å². The van der Waals surface area contributed by atoms with E-state index >= 15 is 0 Å². The lowest BCUT2D eigenvalue weighted by atomic mass is 10.0. The van der Waals surface area contributed by atoms with Gasteiger partial charge in [0.05, 0.1) is 11.1 Å². The molecular formula is C14H15ClFNO. The lowest BCUT2D eigenvalue weighted by molar-refractivity contribution is 0.434. The third-order valence-electron chi connectivity index (χ3n) is 2.84. The first-order valence-electron chi connectivity index (χ1n) is 5.88. The van der Waals surface area contributed by atoms with Crippen LogP contribution in [-0.2, 0) is 12.8 Å². The van der Waals surface area contributed by atoms with E-state index < -0.39 is 5.82 Å². The monoisotopic (exact) mass is 267 g/mol. The molecule has 1 aromatic carbocycles. The quantitative estimate of drug-likeness (QED) is 0.913. The molecule has 2 N–H and O–H groups in total. The molecule has 0 aliphatic heterocycles. The van der Waals surface area contributed by atoms with Crippen molar-refractivity contribution in [3.8, 4) is 0 Å². The van der Waals surface area contributed by atoms with Crippen LogP contribution in [0.15, 0.2) is 34.7 Å². The molecule has 0 spiro atoms. The largest absolute Gasteiger partial charge is 0.464 e. The number of rotatable bonds is 4. The predicted octanol–water partition coefficient (Wildman–Crippen LogP) is 3.88. The molecule has 2 rings (SSSR count). The van der Waals surface area contributed by atoms with Gasteiger partial charge >= 0.3 is 0 Å². The summed E-state index contributed by atoms with van der Waals surface area (Å²) >= 11 is 5.73. The van der Waals surface area contributed by atoms with Crippen LogP contribution in [0.5, 0.6) is 0 Å². The number of furan rings is 1. The van der Waals surface area contributed by atoms with Gasteiger partial charge in [-0.05, 0) is 36.2 Å². The summed E-state index contributed by atoms with van der Waals surface area (Å²) in [5.74, 6) is 1.24. The number of hydrogen-bond donors (Lipinski definition) is 1. The second-order valence-electron chi connectivity index (χ2n) is 4.22. The van der Waals surface area contributed by atoms with E-state index in [0.29, 0.717) is 6.42 Å². The van der Waals surface area contributed by atoms with Crippen molar-refractivity contribution in [2.24, 2.45) is 5.73 Å². The molecular weight excluding hydrogens is 253 g/mol. The number of hydrogen-bond acceptors (Lipinski definition) is 2. The minimum Gasteiger partial charge on any atom is -0.464 e. The Morgan fingerprint density at radius 1 is 1.33 bits per heavy atom. The van der Waals surface area contributed by atoms with E-state index in [9.17, 15) is 4.39 Å². The van der Waals surface area contributed by atoms with Gasteiger partial charge in [-0.25, -0.2) is 4.39 Å². The summed E-state index contributed by atoms with van der Waals surface area (Å²) in [5, 5.41) is 0.119. The molecule has 0 aliphatic rings. The average Bonchev–Trinajstić information content (AvgIpc) is 2.82. The van der Waals surface area contributed by atoms with Crippen LogP contribution in [0.4, 0.5) is 4.39 Å². The fraction of sp³-hybridized carbons (Fsp3) is 0.286. The van der Waals surface area contributed by atoms with Crippen LogP contribution in [-0.4, -0.2) is 0 Å². The maximum Gasteiger partial charge on any atom is 0.141 e. The maximum atomic E-state index is 13.0. The van der Waals surface area contributed by atoms with Crippen LogP contribution in [0, 0.1) is 5.82 Å². The highest BCUT2D eigenvalue weighted by Gasteiger charge is 2.12. The summed E-state index contributed by atoms with van der Waals surface area (Å²) in [6.45, 7) is 2.02. The molecule has 0 saturated heterocycles. The number of nitrogens with two attached hydrogens (primary N) is 1. The third kappa shape index (κ3) is 2.92. The van der Waals surface area contributed by atoms with E-state index in [4.69, 9.17) is 21.8 Å². The Kier molecular flexibility index (Phi) is 4.04. The Hall–Kier alpha value is -1.32. The zero-order valence-electron chi connectivity index (χ0n) is 10.1. The molecule has 0 saturated carbocycles. The second-order valence-corrected chi connectivity index (χ2v) is 4.62. The topological polar surface area (TPSA) is 39.2 Å². The smallest absolute Gasteiger partial charge is 0.141 e. The number of aryl methyl sites for hydroxylation is 1. The summed E-state index contributed by atoms with van der Waals surface area (Å²) in [5.41, 5.74) is 6.94. The molecule has 1 aromatic heterocycles. The maximum absolute atomic E-state index is 13.0. The SMILES string of the molecule is CCc1ccc(C(N)Cc2ccc(F)c(Cl)c2)o1. The number of benzene rings is 1. The summed E-state index contributed by atoms with van der Waals surface area (Å²) in [6, 6.07) is 8.20. The van der Waals surface area contributed by atoms with E-state index in [2.05, 4.69) is 0 Å². The van der Waals surface area contributed by atoms with Crippen LogP contribution in [0.25, 0.3) is 0 Å². The second kappa shape index (κ2) is 5.55. The highest BCUT2D eigenvalue weighted by Crippen LogP contribution is 2.22. The van der Waals surface area contributed by atoms with E-state index in [1.807, 2.05) is 19.1 Å². The van der Waals surface area contributed by atoms with Crippen molar-refractivity contribution in [1.29, 1.82) is 0 Å². The molecule has 96 valence electrons. The van der Waals surface area contributed by atoms with Crippen LogP contribution < -0.4 is 5.73 Å². The Bertz CT molecular complexity index is 538. The minimum absolute atomic E-state index is 0.119. The van der Waals surface area contributed by atoms with Crippen LogP contribution in [0.1, 0.15) is 30.0 Å². The Morgan fingerprint density at radius 2 is 2.11 bits per heavy atom. The summed E-state index contributed by atoms with van der Waals surface area (Å²) in [4.78, 5) is 0. The molecule has 2 nitrogen and oxygen atoms in total. The predicted molar refractivity (Wildman–Crippen MR) is 70.1 cm³/mol. The summed E-state index contributed by atoms with van der Waals surface area (Å²) in [7, 11) is 0. The van der Waals surface area contributed by atoms with E-state index in [1.54, 1.807) is 12.1 Å². The van der Waals surface area contributed by atoms with Gasteiger partial charge in [0.2, 0.25) is 0 Å². The molecule has 18 heavy (non-hydrogen) atoms. The van der Waals surface area contributed by atoms with Crippen LogP contribution in [0.3, 0.4) is 0 Å². The summed E-state index contributed by atoms with van der Waals surface area (Å²) in [6.07, 6.45) is 1.41. The molecule has 1 atom stereocenters. The van der Waals surface area contributed by atoms with Crippen molar-refractivity contribution in [3.05, 3.63) is 58.3 Å². The van der Waals surface area contributed by atoms with Crippen molar-refractivity contribution < 1.29 is 8.81 Å². The molecule has 0 fully saturated rings. The van der Waals surface area contributed by atoms with Crippen molar-refractivity contribution in [2.75, 3.05) is 0 Å². The van der Waals surface area contributed by atoms with E-state index in [1.165, 1.54) is 6.07 Å². The van der Waals surface area contributed by atoms with Gasteiger partial charge in [-0.1, -0.05) is 24.6 Å². The minimum atomic E-state index is -0.416. The van der Waals surface area contributed by atoms with Gasteiger partial charge < -0.3 is 10.2 Å². The Balaban J connectivity index is 2.10. The van der Waals surface area contributed by atoms with E-state index in [-0.39, 0.29) is 11.1 Å². The molecule has 0 aliphatic carbocycles. The highest BCUT2D eigenvalue weighted by atomic mass is 35.5. The Morgan fingerprint density at radius 3 is 2.72 bits per heavy atom. The van der Waals surface area contributed by atoms with Crippen molar-refractivity contribution in [2.45, 2.75) is 25.8 Å². The fourth-order valence-electron chi connectivity index (χ4n) is 1.80. The molecule has 0 radical (unpaired) electrons. The van der Waals surface area contributed by atoms with Crippen molar-refractivity contribution in [3.63, 3.8) is 0 Å². The molecule has 4 heteroatoms. The van der Waals surface area contributed by atoms with Gasteiger partial charge in [-0.3, -0.25) is 0 Å². The molecule has 0 bridgehead atoms. The van der Waals surface area contributed by atoms with E-state index in [0.717, 1.165) is 23.5 Å². The Labute approximate surface area is 111 Å². The lowest BCUT2D eigenvalue weighted by Crippen LogP contribution is -2.12. The summed E-state index contributed by atoms with van der Waals surface area (Å²) < 4.78 is 18.6. The van der Waals surface area contributed by atoms with Gasteiger partial charge in [0, 0.05) is 6.42 Å². The lowest BCUT2D eigenvalue weighted by Gasteiger charge is -2.09. The first kappa shape index (κ1) is 13.1. The molecule has 0 amide bonds. The fourth-order valence-corrected chi connectivity index (χ4v) is 2.01. The average molecular weight is 268 g/mol. The molecule has 2 aromatic rings. The third-order valence-corrected chi connectivity index (χ3v) is 3.13. The van der Waals surface area contributed by atoms with Crippen LogP contribution in [0.2, 0.25) is 5.02 Å². The standard InChI is InChI=1S/C14H15ClFNO/c1-2-10-4-6-14(18-10)13(17)8-9-3-5-12(16)11(15)7-9/h3-7,13H,2,8,17H2,1H3. The first-order valence-corrected chi connectivity index (χ1v) is 6.26. The molecule has 1 heterocycles. The van der Waals surface area contributed by atoms with Crippen molar-refractivity contribution in [1.82, 2.24) is 0 Å².